The van der Waals surface area contributed by atoms with Crippen molar-refractivity contribution in [3.63, 3.8) is 0 Å². The first-order valence-corrected chi connectivity index (χ1v) is 6.92. The van der Waals surface area contributed by atoms with Gasteiger partial charge in [-0.3, -0.25) is 19.4 Å². The van der Waals surface area contributed by atoms with Gasteiger partial charge in [0.25, 0.3) is 0 Å². The minimum atomic E-state index is -0.789. The van der Waals surface area contributed by atoms with Gasteiger partial charge in [0.1, 0.15) is 6.04 Å². The highest BCUT2D eigenvalue weighted by molar-refractivity contribution is 5.78. The lowest BCUT2D eigenvalue weighted by Gasteiger charge is -2.36. The summed E-state index contributed by atoms with van der Waals surface area (Å²) in [5, 5.41) is 11.9. The molecule has 1 aliphatic heterocycles. The van der Waals surface area contributed by atoms with Gasteiger partial charge in [-0.15, -0.1) is 0 Å². The van der Waals surface area contributed by atoms with Crippen molar-refractivity contribution in [2.45, 2.75) is 39.3 Å². The molecule has 0 bridgehead atoms. The maximum absolute atomic E-state index is 11.7. The number of piperazine rings is 1. The average Bonchev–Trinajstić information content (AvgIpc) is 2.38. The van der Waals surface area contributed by atoms with Crippen LogP contribution in [0.1, 0.15) is 27.2 Å². The van der Waals surface area contributed by atoms with Gasteiger partial charge in [-0.2, -0.15) is 0 Å². The maximum Gasteiger partial charge on any atom is 0.320 e. The fourth-order valence-corrected chi connectivity index (χ4v) is 2.09. The molecule has 0 saturated carbocycles. The van der Waals surface area contributed by atoms with Crippen LogP contribution in [0.25, 0.3) is 0 Å². The number of aliphatic carboxylic acids is 1. The predicted molar refractivity (Wildman–Crippen MR) is 73.0 cm³/mol. The molecule has 0 aliphatic carbocycles. The SMILES string of the molecule is CCC(C)NC(=O)CN1CCN(C(C)C(=O)O)CC1. The Balaban J connectivity index is 2.30. The van der Waals surface area contributed by atoms with Gasteiger partial charge < -0.3 is 10.4 Å². The number of nitrogens with one attached hydrogen (secondary N) is 1. The van der Waals surface area contributed by atoms with Crippen LogP contribution in [0.2, 0.25) is 0 Å². The van der Waals surface area contributed by atoms with Crippen molar-refractivity contribution >= 4 is 11.9 Å². The van der Waals surface area contributed by atoms with E-state index < -0.39 is 12.0 Å². The molecule has 0 aromatic rings. The fraction of sp³-hybridized carbons (Fsp3) is 0.846. The number of hydrogen-bond donors (Lipinski definition) is 2. The van der Waals surface area contributed by atoms with Gasteiger partial charge in [-0.1, -0.05) is 6.92 Å². The Morgan fingerprint density at radius 2 is 1.79 bits per heavy atom. The monoisotopic (exact) mass is 271 g/mol. The first-order valence-electron chi connectivity index (χ1n) is 6.92. The van der Waals surface area contributed by atoms with E-state index in [0.29, 0.717) is 19.6 Å². The van der Waals surface area contributed by atoms with E-state index in [4.69, 9.17) is 5.11 Å². The molecule has 2 atom stereocenters. The second kappa shape index (κ2) is 7.45. The van der Waals surface area contributed by atoms with Gasteiger partial charge in [-0.25, -0.2) is 0 Å². The van der Waals surface area contributed by atoms with Crippen molar-refractivity contribution in [3.8, 4) is 0 Å². The van der Waals surface area contributed by atoms with Crippen molar-refractivity contribution in [3.05, 3.63) is 0 Å². The summed E-state index contributed by atoms with van der Waals surface area (Å²) >= 11 is 0. The first-order chi connectivity index (χ1) is 8.93. The maximum atomic E-state index is 11.7. The Kier molecular flexibility index (Phi) is 6.24. The summed E-state index contributed by atoms with van der Waals surface area (Å²) in [6, 6.07) is -0.239. The number of carbonyl (C=O) groups is 2. The second-order valence-corrected chi connectivity index (χ2v) is 5.20. The van der Waals surface area contributed by atoms with E-state index in [2.05, 4.69) is 10.2 Å². The molecule has 19 heavy (non-hydrogen) atoms. The smallest absolute Gasteiger partial charge is 0.320 e. The van der Waals surface area contributed by atoms with Gasteiger partial charge >= 0.3 is 5.97 Å². The van der Waals surface area contributed by atoms with E-state index in [0.717, 1.165) is 19.5 Å². The Hall–Kier alpha value is -1.14. The molecule has 1 fully saturated rings. The summed E-state index contributed by atoms with van der Waals surface area (Å²) in [5.41, 5.74) is 0. The van der Waals surface area contributed by atoms with Gasteiger partial charge in [-0.05, 0) is 20.3 Å². The number of carboxylic acid groups (broad SMARTS) is 1. The molecule has 6 nitrogen and oxygen atoms in total. The minimum Gasteiger partial charge on any atom is -0.480 e. The van der Waals surface area contributed by atoms with Crippen LogP contribution in [0.5, 0.6) is 0 Å². The number of nitrogens with zero attached hydrogens (tertiary/aromatic N) is 2. The number of carbonyl (C=O) groups excluding carboxylic acids is 1. The van der Waals surface area contributed by atoms with Gasteiger partial charge in [0.2, 0.25) is 5.91 Å². The van der Waals surface area contributed by atoms with Crippen LogP contribution >= 0.6 is 0 Å². The largest absolute Gasteiger partial charge is 0.480 e. The molecule has 0 aromatic heterocycles. The molecular weight excluding hydrogens is 246 g/mol. The van der Waals surface area contributed by atoms with Crippen LogP contribution in [0, 0.1) is 0 Å². The van der Waals surface area contributed by atoms with Crippen LogP contribution in [-0.2, 0) is 9.59 Å². The zero-order chi connectivity index (χ0) is 14.4. The first kappa shape index (κ1) is 15.9. The summed E-state index contributed by atoms with van der Waals surface area (Å²) < 4.78 is 0. The van der Waals surface area contributed by atoms with Crippen LogP contribution in [0.15, 0.2) is 0 Å². The molecular formula is C13H25N3O3. The van der Waals surface area contributed by atoms with Gasteiger partial charge in [0.05, 0.1) is 6.54 Å². The standard InChI is InChI=1S/C13H25N3O3/c1-4-10(2)14-12(17)9-15-5-7-16(8-6-15)11(3)13(18)19/h10-11H,4-9H2,1-3H3,(H,14,17)(H,18,19). The summed E-state index contributed by atoms with van der Waals surface area (Å²) in [6.07, 6.45) is 0.926. The lowest BCUT2D eigenvalue weighted by molar-refractivity contribution is -0.143. The second-order valence-electron chi connectivity index (χ2n) is 5.20. The molecule has 0 spiro atoms. The number of amides is 1. The summed E-state index contributed by atoms with van der Waals surface area (Å²) in [4.78, 5) is 26.6. The lowest BCUT2D eigenvalue weighted by Crippen LogP contribution is -2.53. The Bertz CT molecular complexity index is 314. The number of hydrogen-bond acceptors (Lipinski definition) is 4. The van der Waals surface area contributed by atoms with E-state index in [-0.39, 0.29) is 11.9 Å². The van der Waals surface area contributed by atoms with Crippen LogP contribution in [0.4, 0.5) is 0 Å². The topological polar surface area (TPSA) is 72.9 Å². The molecule has 1 heterocycles. The third-order valence-electron chi connectivity index (χ3n) is 3.70. The van der Waals surface area contributed by atoms with E-state index >= 15 is 0 Å². The van der Waals surface area contributed by atoms with E-state index in [9.17, 15) is 9.59 Å². The fourth-order valence-electron chi connectivity index (χ4n) is 2.09. The van der Waals surface area contributed by atoms with Crippen molar-refractivity contribution in [2.75, 3.05) is 32.7 Å². The normalized spacial score (nSPS) is 20.8. The average molecular weight is 271 g/mol. The highest BCUT2D eigenvalue weighted by Gasteiger charge is 2.25. The number of rotatable bonds is 6. The van der Waals surface area contributed by atoms with Crippen molar-refractivity contribution in [2.24, 2.45) is 0 Å². The molecule has 1 aliphatic rings. The van der Waals surface area contributed by atoms with Crippen molar-refractivity contribution in [1.82, 2.24) is 15.1 Å². The van der Waals surface area contributed by atoms with Crippen molar-refractivity contribution < 1.29 is 14.7 Å². The molecule has 2 unspecified atom stereocenters. The van der Waals surface area contributed by atoms with Crippen molar-refractivity contribution in [1.29, 1.82) is 0 Å². The molecule has 110 valence electrons. The Morgan fingerprint density at radius 1 is 1.21 bits per heavy atom. The molecule has 0 radical (unpaired) electrons. The summed E-state index contributed by atoms with van der Waals surface area (Å²) in [6.45, 7) is 9.01. The number of carboxylic acids is 1. The molecule has 0 aromatic carbocycles. The highest BCUT2D eigenvalue weighted by atomic mass is 16.4. The Morgan fingerprint density at radius 3 is 2.26 bits per heavy atom. The van der Waals surface area contributed by atoms with Crippen LogP contribution in [0.3, 0.4) is 0 Å². The quantitative estimate of drug-likeness (QED) is 0.711. The molecule has 1 amide bonds. The zero-order valence-electron chi connectivity index (χ0n) is 12.1. The lowest BCUT2D eigenvalue weighted by atomic mass is 10.2. The van der Waals surface area contributed by atoms with Crippen LogP contribution < -0.4 is 5.32 Å². The van der Waals surface area contributed by atoms with E-state index in [1.54, 1.807) is 6.92 Å². The van der Waals surface area contributed by atoms with Crippen LogP contribution in [-0.4, -0.2) is 71.6 Å². The molecule has 2 N–H and O–H groups in total. The molecule has 1 rings (SSSR count). The summed E-state index contributed by atoms with van der Waals surface area (Å²) in [5.74, 6) is -0.739. The Labute approximate surface area is 114 Å². The third-order valence-corrected chi connectivity index (χ3v) is 3.70. The predicted octanol–water partition coefficient (Wildman–Crippen LogP) is -0.00820. The van der Waals surface area contributed by atoms with Gasteiger partial charge in [0.15, 0.2) is 0 Å². The van der Waals surface area contributed by atoms with Gasteiger partial charge in [0, 0.05) is 32.2 Å². The van der Waals surface area contributed by atoms with E-state index in [1.165, 1.54) is 0 Å². The molecule has 6 heteroatoms. The zero-order valence-corrected chi connectivity index (χ0v) is 12.1. The summed E-state index contributed by atoms with van der Waals surface area (Å²) in [7, 11) is 0. The highest BCUT2D eigenvalue weighted by Crippen LogP contribution is 2.06. The molecule has 1 saturated heterocycles. The third kappa shape index (κ3) is 5.16. The minimum absolute atomic E-state index is 0.0501. The van der Waals surface area contributed by atoms with E-state index in [1.807, 2.05) is 18.7 Å².